The monoisotopic (exact) mass is 387 g/mol. The number of carbonyl (C=O) groups is 1. The van der Waals surface area contributed by atoms with Crippen LogP contribution in [0.4, 0.5) is 0 Å². The Labute approximate surface area is 159 Å². The van der Waals surface area contributed by atoms with Crippen molar-refractivity contribution >= 4 is 29.5 Å². The molecule has 0 aromatic heterocycles. The lowest BCUT2D eigenvalue weighted by atomic mass is 10.1. The molecule has 4 rings (SSSR count). The number of benzene rings is 2. The molecule has 138 valence electrons. The van der Waals surface area contributed by atoms with E-state index in [2.05, 4.69) is 4.99 Å². The zero-order valence-electron chi connectivity index (χ0n) is 14.4. The Bertz CT molecular complexity index is 976. The van der Waals surface area contributed by atoms with Gasteiger partial charge in [-0.1, -0.05) is 11.6 Å². The maximum absolute atomic E-state index is 12.2. The summed E-state index contributed by atoms with van der Waals surface area (Å²) >= 11 is 6.17. The van der Waals surface area contributed by atoms with Gasteiger partial charge < -0.3 is 23.7 Å². The molecule has 0 spiro atoms. The Morgan fingerprint density at radius 1 is 1.07 bits per heavy atom. The Balaban J connectivity index is 1.70. The van der Waals surface area contributed by atoms with Gasteiger partial charge in [0.05, 0.1) is 19.2 Å². The Morgan fingerprint density at radius 2 is 1.81 bits per heavy atom. The Morgan fingerprint density at radius 3 is 2.52 bits per heavy atom. The van der Waals surface area contributed by atoms with Crippen LogP contribution >= 0.6 is 11.6 Å². The smallest absolute Gasteiger partial charge is 0.363 e. The molecule has 0 fully saturated rings. The Kier molecular flexibility index (Phi) is 4.37. The minimum absolute atomic E-state index is 0.108. The molecule has 8 heteroatoms. The third-order valence-electron chi connectivity index (χ3n) is 3.97. The third-order valence-corrected chi connectivity index (χ3v) is 4.25. The van der Waals surface area contributed by atoms with Gasteiger partial charge in [0.25, 0.3) is 0 Å². The number of ether oxygens (including phenoxy) is 5. The van der Waals surface area contributed by atoms with E-state index >= 15 is 0 Å². The van der Waals surface area contributed by atoms with Crippen LogP contribution in [0, 0.1) is 0 Å². The summed E-state index contributed by atoms with van der Waals surface area (Å²) in [5.74, 6) is 1.71. The van der Waals surface area contributed by atoms with E-state index in [4.69, 9.17) is 35.3 Å². The number of halogens is 1. The van der Waals surface area contributed by atoms with Crippen molar-refractivity contribution in [2.45, 2.75) is 0 Å². The molecule has 2 aliphatic rings. The summed E-state index contributed by atoms with van der Waals surface area (Å²) in [6.07, 6.45) is 1.57. The molecular weight excluding hydrogens is 374 g/mol. The molecule has 0 aliphatic carbocycles. The van der Waals surface area contributed by atoms with E-state index < -0.39 is 5.97 Å². The molecule has 7 nitrogen and oxygen atoms in total. The largest absolute Gasteiger partial charge is 0.497 e. The quantitative estimate of drug-likeness (QED) is 0.591. The van der Waals surface area contributed by atoms with E-state index in [1.165, 1.54) is 14.2 Å². The first-order chi connectivity index (χ1) is 13.1. The second-order valence-corrected chi connectivity index (χ2v) is 6.08. The molecule has 2 aliphatic heterocycles. The number of cyclic esters (lactones) is 1. The fourth-order valence-electron chi connectivity index (χ4n) is 2.69. The topological polar surface area (TPSA) is 75.6 Å². The Hall–Kier alpha value is -3.19. The summed E-state index contributed by atoms with van der Waals surface area (Å²) in [5, 5.41) is 0.393. The van der Waals surface area contributed by atoms with Crippen molar-refractivity contribution in [3.63, 3.8) is 0 Å². The number of carbonyl (C=O) groups excluding carboxylic acids is 1. The van der Waals surface area contributed by atoms with Crippen LogP contribution in [0.25, 0.3) is 6.08 Å². The van der Waals surface area contributed by atoms with Crippen LogP contribution in [0.1, 0.15) is 11.1 Å². The molecular formula is C19H14ClNO6. The van der Waals surface area contributed by atoms with Gasteiger partial charge in [-0.05, 0) is 35.9 Å². The maximum atomic E-state index is 12.2. The average Bonchev–Trinajstić information content (AvgIpc) is 3.28. The molecule has 0 saturated heterocycles. The number of methoxy groups -OCH3 is 2. The summed E-state index contributed by atoms with van der Waals surface area (Å²) < 4.78 is 26.4. The van der Waals surface area contributed by atoms with Crippen LogP contribution in [0.2, 0.25) is 5.02 Å². The van der Waals surface area contributed by atoms with E-state index in [0.717, 1.165) is 0 Å². The van der Waals surface area contributed by atoms with Crippen molar-refractivity contribution in [1.29, 1.82) is 0 Å². The van der Waals surface area contributed by atoms with Crippen molar-refractivity contribution in [3.05, 3.63) is 52.2 Å². The SMILES string of the molecule is COc1cc(OC)cc(C2=N/C(=C\c3cc(Cl)c4c(c3)OCO4)C(=O)O2)c1. The molecule has 27 heavy (non-hydrogen) atoms. The van der Waals surface area contributed by atoms with Crippen LogP contribution in [-0.4, -0.2) is 32.9 Å². The van der Waals surface area contributed by atoms with Gasteiger partial charge in [0.1, 0.15) is 11.5 Å². The summed E-state index contributed by atoms with van der Waals surface area (Å²) in [6, 6.07) is 8.50. The molecule has 2 aromatic carbocycles. The summed E-state index contributed by atoms with van der Waals surface area (Å²) in [5.41, 5.74) is 1.35. The molecule has 0 amide bonds. The lowest BCUT2D eigenvalue weighted by Gasteiger charge is -2.07. The van der Waals surface area contributed by atoms with Gasteiger partial charge in [-0.25, -0.2) is 9.79 Å². The molecule has 2 heterocycles. The molecule has 2 aromatic rings. The number of fused-ring (bicyclic) bond motifs is 1. The van der Waals surface area contributed by atoms with E-state index in [-0.39, 0.29) is 18.4 Å². The van der Waals surface area contributed by atoms with Gasteiger partial charge in [-0.15, -0.1) is 0 Å². The highest BCUT2D eigenvalue weighted by atomic mass is 35.5. The van der Waals surface area contributed by atoms with E-state index in [9.17, 15) is 4.79 Å². The van der Waals surface area contributed by atoms with Crippen molar-refractivity contribution in [2.24, 2.45) is 4.99 Å². The van der Waals surface area contributed by atoms with Crippen molar-refractivity contribution in [3.8, 4) is 23.0 Å². The van der Waals surface area contributed by atoms with Gasteiger partial charge in [0.15, 0.2) is 17.2 Å². The normalized spacial score (nSPS) is 16.3. The van der Waals surface area contributed by atoms with Gasteiger partial charge >= 0.3 is 5.97 Å². The highest BCUT2D eigenvalue weighted by Crippen LogP contribution is 2.40. The predicted molar refractivity (Wildman–Crippen MR) is 97.7 cm³/mol. The minimum Gasteiger partial charge on any atom is -0.497 e. The molecule has 0 atom stereocenters. The highest BCUT2D eigenvalue weighted by Gasteiger charge is 2.26. The van der Waals surface area contributed by atoms with Crippen LogP contribution in [0.5, 0.6) is 23.0 Å². The summed E-state index contributed by atoms with van der Waals surface area (Å²) in [4.78, 5) is 16.5. The number of esters is 1. The van der Waals surface area contributed by atoms with Crippen LogP contribution < -0.4 is 18.9 Å². The fraction of sp³-hybridized carbons (Fsp3) is 0.158. The second-order valence-electron chi connectivity index (χ2n) is 5.67. The van der Waals surface area contributed by atoms with Crippen LogP contribution in [0.3, 0.4) is 0 Å². The third kappa shape index (κ3) is 3.29. The molecule has 0 N–H and O–H groups in total. The van der Waals surface area contributed by atoms with Gasteiger partial charge in [-0.2, -0.15) is 0 Å². The predicted octanol–water partition coefficient (Wildman–Crippen LogP) is 3.43. The van der Waals surface area contributed by atoms with Gasteiger partial charge in [0.2, 0.25) is 12.7 Å². The highest BCUT2D eigenvalue weighted by molar-refractivity contribution is 6.32. The van der Waals surface area contributed by atoms with Gasteiger partial charge in [-0.3, -0.25) is 0 Å². The standard InChI is InChI=1S/C19H14ClNO6/c1-23-12-6-11(7-13(8-12)24-2)18-21-15(19(22)27-18)4-10-3-14(20)17-16(5-10)25-9-26-17/h3-8H,9H2,1-2H3/b15-4-. The maximum Gasteiger partial charge on any atom is 0.363 e. The number of aliphatic imine (C=N–C) groups is 1. The number of hydrogen-bond donors (Lipinski definition) is 0. The van der Waals surface area contributed by atoms with Crippen LogP contribution in [0.15, 0.2) is 41.0 Å². The summed E-state index contributed by atoms with van der Waals surface area (Å²) in [7, 11) is 3.07. The first-order valence-electron chi connectivity index (χ1n) is 7.92. The number of hydrogen-bond acceptors (Lipinski definition) is 7. The average molecular weight is 388 g/mol. The van der Waals surface area contributed by atoms with E-state index in [1.54, 1.807) is 36.4 Å². The number of nitrogens with zero attached hydrogens (tertiary/aromatic N) is 1. The lowest BCUT2D eigenvalue weighted by molar-refractivity contribution is -0.129. The molecule has 0 bridgehead atoms. The zero-order valence-corrected chi connectivity index (χ0v) is 15.2. The second kappa shape index (κ2) is 6.85. The minimum atomic E-state index is -0.569. The first-order valence-corrected chi connectivity index (χ1v) is 8.30. The van der Waals surface area contributed by atoms with E-state index in [0.29, 0.717) is 39.1 Å². The van der Waals surface area contributed by atoms with Crippen molar-refractivity contribution in [2.75, 3.05) is 21.0 Å². The lowest BCUT2D eigenvalue weighted by Crippen LogP contribution is -2.06. The summed E-state index contributed by atoms with van der Waals surface area (Å²) in [6.45, 7) is 0.108. The van der Waals surface area contributed by atoms with Gasteiger partial charge in [0, 0.05) is 11.6 Å². The first kappa shape index (κ1) is 17.2. The van der Waals surface area contributed by atoms with Crippen molar-refractivity contribution < 1.29 is 28.5 Å². The van der Waals surface area contributed by atoms with E-state index in [1.807, 2.05) is 0 Å². The zero-order chi connectivity index (χ0) is 19.0. The number of rotatable bonds is 4. The fourth-order valence-corrected chi connectivity index (χ4v) is 2.97. The molecule has 0 saturated carbocycles. The van der Waals surface area contributed by atoms with Crippen LogP contribution in [-0.2, 0) is 9.53 Å². The molecule has 0 unspecified atom stereocenters. The molecule has 0 radical (unpaired) electrons. The van der Waals surface area contributed by atoms with Crippen molar-refractivity contribution in [1.82, 2.24) is 0 Å².